The van der Waals surface area contributed by atoms with Gasteiger partial charge < -0.3 is 4.74 Å². The van der Waals surface area contributed by atoms with Crippen molar-refractivity contribution in [2.75, 3.05) is 6.61 Å². The summed E-state index contributed by atoms with van der Waals surface area (Å²) in [6, 6.07) is 18.4. The van der Waals surface area contributed by atoms with Crippen LogP contribution in [0.15, 0.2) is 60.7 Å². The number of carbonyl (C=O) groups excluding carboxylic acids is 2. The summed E-state index contributed by atoms with van der Waals surface area (Å²) < 4.78 is 5.05. The highest BCUT2D eigenvalue weighted by Gasteiger charge is 2.38. The lowest BCUT2D eigenvalue weighted by Crippen LogP contribution is -2.35. The molecule has 0 aromatic heterocycles. The van der Waals surface area contributed by atoms with Crippen LogP contribution in [-0.4, -0.2) is 18.4 Å². The molecular formula is C19H20O3. The van der Waals surface area contributed by atoms with Gasteiger partial charge in [-0.1, -0.05) is 60.7 Å². The largest absolute Gasteiger partial charge is 0.466 e. The van der Waals surface area contributed by atoms with Crippen LogP contribution in [0, 0.1) is 0 Å². The fourth-order valence-corrected chi connectivity index (χ4v) is 2.53. The molecule has 0 fully saturated rings. The van der Waals surface area contributed by atoms with Crippen LogP contribution in [-0.2, 0) is 14.9 Å². The molecule has 22 heavy (non-hydrogen) atoms. The number of hydrogen-bond donors (Lipinski definition) is 0. The number of ketones is 1. The first-order chi connectivity index (χ1) is 10.6. The predicted octanol–water partition coefficient (Wildman–Crippen LogP) is 3.78. The maximum absolute atomic E-state index is 13.0. The van der Waals surface area contributed by atoms with Gasteiger partial charge in [0.25, 0.3) is 0 Å². The molecule has 0 amide bonds. The Labute approximate surface area is 130 Å². The summed E-state index contributed by atoms with van der Waals surface area (Å²) in [4.78, 5) is 25.0. The second-order valence-corrected chi connectivity index (χ2v) is 5.38. The SMILES string of the molecule is CCOC(=O)CC(C)(C(=O)c1ccccc1)c1ccccc1. The molecular weight excluding hydrogens is 276 g/mol. The Morgan fingerprint density at radius 2 is 1.50 bits per heavy atom. The van der Waals surface area contributed by atoms with Gasteiger partial charge in [-0.25, -0.2) is 0 Å². The van der Waals surface area contributed by atoms with E-state index in [-0.39, 0.29) is 18.2 Å². The van der Waals surface area contributed by atoms with E-state index in [9.17, 15) is 9.59 Å². The number of rotatable bonds is 6. The van der Waals surface area contributed by atoms with Gasteiger partial charge >= 0.3 is 5.97 Å². The molecule has 0 spiro atoms. The van der Waals surface area contributed by atoms with Gasteiger partial charge in [0.05, 0.1) is 18.4 Å². The highest BCUT2D eigenvalue weighted by molar-refractivity contribution is 6.05. The van der Waals surface area contributed by atoms with Crippen LogP contribution in [0.25, 0.3) is 0 Å². The highest BCUT2D eigenvalue weighted by atomic mass is 16.5. The second kappa shape index (κ2) is 7.03. The molecule has 3 nitrogen and oxygen atoms in total. The van der Waals surface area contributed by atoms with Gasteiger partial charge in [-0.05, 0) is 19.4 Å². The first-order valence-corrected chi connectivity index (χ1v) is 7.39. The molecule has 2 aromatic carbocycles. The molecule has 3 heteroatoms. The molecule has 1 atom stereocenters. The van der Waals surface area contributed by atoms with Gasteiger partial charge in [0.15, 0.2) is 5.78 Å². The molecule has 0 aliphatic heterocycles. The van der Waals surface area contributed by atoms with Crippen molar-refractivity contribution >= 4 is 11.8 Å². The third-order valence-electron chi connectivity index (χ3n) is 3.75. The number of Topliss-reactive ketones (excluding diaryl/α,β-unsaturated/α-hetero) is 1. The Bertz CT molecular complexity index is 634. The summed E-state index contributed by atoms with van der Waals surface area (Å²) in [5.74, 6) is -0.439. The molecule has 1 unspecified atom stereocenters. The van der Waals surface area contributed by atoms with Gasteiger partial charge in [0.1, 0.15) is 0 Å². The predicted molar refractivity (Wildman–Crippen MR) is 85.8 cm³/mol. The molecule has 0 saturated heterocycles. The minimum atomic E-state index is -0.936. The summed E-state index contributed by atoms with van der Waals surface area (Å²) in [6.45, 7) is 3.87. The van der Waals surface area contributed by atoms with Crippen molar-refractivity contribution in [3.63, 3.8) is 0 Å². The molecule has 0 heterocycles. The lowest BCUT2D eigenvalue weighted by atomic mass is 9.73. The molecule has 0 N–H and O–H groups in total. The molecule has 2 rings (SSSR count). The normalized spacial score (nSPS) is 13.2. The molecule has 0 radical (unpaired) electrons. The van der Waals surface area contributed by atoms with Gasteiger partial charge in [0, 0.05) is 5.56 Å². The zero-order valence-corrected chi connectivity index (χ0v) is 12.9. The van der Waals surface area contributed by atoms with Gasteiger partial charge in [-0.2, -0.15) is 0 Å². The van der Waals surface area contributed by atoms with E-state index in [1.807, 2.05) is 48.5 Å². The van der Waals surface area contributed by atoms with Crippen molar-refractivity contribution in [3.8, 4) is 0 Å². The van der Waals surface area contributed by atoms with Crippen molar-refractivity contribution in [3.05, 3.63) is 71.8 Å². The first-order valence-electron chi connectivity index (χ1n) is 7.39. The van der Waals surface area contributed by atoms with E-state index in [1.165, 1.54) is 0 Å². The van der Waals surface area contributed by atoms with Gasteiger partial charge in [-0.15, -0.1) is 0 Å². The minimum absolute atomic E-state index is 0.0264. The lowest BCUT2D eigenvalue weighted by molar-refractivity contribution is -0.144. The quantitative estimate of drug-likeness (QED) is 0.602. The van der Waals surface area contributed by atoms with Crippen LogP contribution in [0.1, 0.15) is 36.2 Å². The number of benzene rings is 2. The zero-order chi connectivity index (χ0) is 16.0. The summed E-state index contributed by atoms with van der Waals surface area (Å²) in [7, 11) is 0. The van der Waals surface area contributed by atoms with Gasteiger partial charge in [0.2, 0.25) is 0 Å². The summed E-state index contributed by atoms with van der Waals surface area (Å²) in [5, 5.41) is 0. The fraction of sp³-hybridized carbons (Fsp3) is 0.263. The molecule has 0 aliphatic rings. The average molecular weight is 296 g/mol. The van der Waals surface area contributed by atoms with Crippen molar-refractivity contribution in [1.82, 2.24) is 0 Å². The van der Waals surface area contributed by atoms with E-state index < -0.39 is 5.41 Å². The average Bonchev–Trinajstić information content (AvgIpc) is 2.56. The smallest absolute Gasteiger partial charge is 0.307 e. The van der Waals surface area contributed by atoms with E-state index in [0.29, 0.717) is 12.2 Å². The Morgan fingerprint density at radius 1 is 0.955 bits per heavy atom. The number of esters is 1. The van der Waals surface area contributed by atoms with Crippen LogP contribution in [0.5, 0.6) is 0 Å². The topological polar surface area (TPSA) is 43.4 Å². The first kappa shape index (κ1) is 16.0. The van der Waals surface area contributed by atoms with Crippen LogP contribution < -0.4 is 0 Å². The molecule has 0 bridgehead atoms. The lowest BCUT2D eigenvalue weighted by Gasteiger charge is -2.28. The summed E-state index contributed by atoms with van der Waals surface area (Å²) in [5.41, 5.74) is 0.476. The third-order valence-corrected chi connectivity index (χ3v) is 3.75. The second-order valence-electron chi connectivity index (χ2n) is 5.38. The maximum atomic E-state index is 13.0. The fourth-order valence-electron chi connectivity index (χ4n) is 2.53. The highest BCUT2D eigenvalue weighted by Crippen LogP contribution is 2.32. The van der Waals surface area contributed by atoms with Crippen molar-refractivity contribution in [1.29, 1.82) is 0 Å². The standard InChI is InChI=1S/C19H20O3/c1-3-22-17(20)14-19(2,16-12-8-5-9-13-16)18(21)15-10-6-4-7-11-15/h4-13H,3,14H2,1-2H3. The Hall–Kier alpha value is -2.42. The van der Waals surface area contributed by atoms with Crippen LogP contribution in [0.2, 0.25) is 0 Å². The Kier molecular flexibility index (Phi) is 5.10. The van der Waals surface area contributed by atoms with Crippen LogP contribution in [0.4, 0.5) is 0 Å². The van der Waals surface area contributed by atoms with E-state index in [1.54, 1.807) is 26.0 Å². The summed E-state index contributed by atoms with van der Waals surface area (Å²) >= 11 is 0. The maximum Gasteiger partial charge on any atom is 0.307 e. The molecule has 0 saturated carbocycles. The van der Waals surface area contributed by atoms with Gasteiger partial charge in [-0.3, -0.25) is 9.59 Å². The third kappa shape index (κ3) is 3.42. The van der Waals surface area contributed by atoms with E-state index >= 15 is 0 Å². The minimum Gasteiger partial charge on any atom is -0.466 e. The van der Waals surface area contributed by atoms with Crippen LogP contribution in [0.3, 0.4) is 0 Å². The van der Waals surface area contributed by atoms with E-state index in [0.717, 1.165) is 5.56 Å². The zero-order valence-electron chi connectivity index (χ0n) is 12.9. The van der Waals surface area contributed by atoms with Crippen molar-refractivity contribution in [2.24, 2.45) is 0 Å². The molecule has 114 valence electrons. The van der Waals surface area contributed by atoms with Crippen molar-refractivity contribution < 1.29 is 14.3 Å². The van der Waals surface area contributed by atoms with Crippen LogP contribution >= 0.6 is 0 Å². The van der Waals surface area contributed by atoms with Crippen molar-refractivity contribution in [2.45, 2.75) is 25.7 Å². The molecule has 0 aliphatic carbocycles. The number of carbonyl (C=O) groups is 2. The number of hydrogen-bond acceptors (Lipinski definition) is 3. The Balaban J connectivity index is 2.41. The monoisotopic (exact) mass is 296 g/mol. The molecule has 2 aromatic rings. The van der Waals surface area contributed by atoms with E-state index in [4.69, 9.17) is 4.74 Å². The Morgan fingerprint density at radius 3 is 2.05 bits per heavy atom. The van der Waals surface area contributed by atoms with E-state index in [2.05, 4.69) is 0 Å². The summed E-state index contributed by atoms with van der Waals surface area (Å²) in [6.07, 6.45) is 0.0264. The number of ether oxygens (including phenoxy) is 1.